The van der Waals surface area contributed by atoms with Gasteiger partial charge in [-0.25, -0.2) is 0 Å². The van der Waals surface area contributed by atoms with E-state index in [2.05, 4.69) is 29.7 Å². The highest BCUT2D eigenvalue weighted by Gasteiger charge is 2.18. The lowest BCUT2D eigenvalue weighted by Gasteiger charge is -2.13. The highest BCUT2D eigenvalue weighted by Crippen LogP contribution is 2.29. The molecule has 0 bridgehead atoms. The summed E-state index contributed by atoms with van der Waals surface area (Å²) in [6.07, 6.45) is 0. The molecule has 0 aliphatic heterocycles. The maximum atomic E-state index is 12.7. The van der Waals surface area contributed by atoms with Crippen LogP contribution in [0.2, 0.25) is 0 Å². The van der Waals surface area contributed by atoms with Crippen LogP contribution in [0.4, 0.5) is 17.1 Å². The average Bonchev–Trinajstić information content (AvgIpc) is 2.68. The van der Waals surface area contributed by atoms with Crippen LogP contribution < -0.4 is 20.1 Å². The van der Waals surface area contributed by atoms with Crippen molar-refractivity contribution in [3.8, 4) is 11.5 Å². The van der Waals surface area contributed by atoms with Gasteiger partial charge < -0.3 is 20.1 Å². The molecule has 0 saturated carbocycles. The number of rotatable bonds is 6. The third kappa shape index (κ3) is 4.39. The molecule has 0 saturated heterocycles. The van der Waals surface area contributed by atoms with Crippen molar-refractivity contribution in [3.05, 3.63) is 77.9 Å². The Morgan fingerprint density at radius 2 is 1.37 bits per heavy atom. The first kappa shape index (κ1) is 18.3. The van der Waals surface area contributed by atoms with E-state index in [1.165, 1.54) is 19.8 Å². The summed E-state index contributed by atoms with van der Waals surface area (Å²) in [5, 5.41) is 6.22. The van der Waals surface area contributed by atoms with Crippen molar-refractivity contribution in [2.45, 2.75) is 6.92 Å². The Morgan fingerprint density at radius 3 is 1.96 bits per heavy atom. The first-order valence-electron chi connectivity index (χ1n) is 8.57. The second-order valence-corrected chi connectivity index (χ2v) is 6.06. The van der Waals surface area contributed by atoms with E-state index < -0.39 is 0 Å². The maximum absolute atomic E-state index is 12.7. The molecule has 0 heterocycles. The minimum atomic E-state index is -0.288. The van der Waals surface area contributed by atoms with Gasteiger partial charge in [-0.1, -0.05) is 18.2 Å². The summed E-state index contributed by atoms with van der Waals surface area (Å²) in [7, 11) is 3.05. The fourth-order valence-corrected chi connectivity index (χ4v) is 2.79. The van der Waals surface area contributed by atoms with Gasteiger partial charge in [0.2, 0.25) is 0 Å². The predicted octanol–water partition coefficient (Wildman–Crippen LogP) is 5.01. The van der Waals surface area contributed by atoms with Crippen molar-refractivity contribution in [1.29, 1.82) is 0 Å². The van der Waals surface area contributed by atoms with Crippen molar-refractivity contribution in [2.75, 3.05) is 24.9 Å². The fraction of sp³-hybridized carbons (Fsp3) is 0.136. The van der Waals surface area contributed by atoms with Gasteiger partial charge in [-0.15, -0.1) is 0 Å². The van der Waals surface area contributed by atoms with Gasteiger partial charge in [0.25, 0.3) is 5.91 Å². The van der Waals surface area contributed by atoms with Crippen molar-refractivity contribution >= 4 is 23.0 Å². The number of anilines is 3. The minimum absolute atomic E-state index is 0.288. The van der Waals surface area contributed by atoms with Gasteiger partial charge in [0, 0.05) is 17.1 Å². The zero-order valence-corrected chi connectivity index (χ0v) is 15.6. The molecule has 138 valence electrons. The van der Waals surface area contributed by atoms with Crippen LogP contribution in [0.1, 0.15) is 15.9 Å². The van der Waals surface area contributed by atoms with Crippen molar-refractivity contribution < 1.29 is 14.3 Å². The summed E-state index contributed by atoms with van der Waals surface area (Å²) < 4.78 is 10.6. The third-order valence-corrected chi connectivity index (χ3v) is 4.10. The van der Waals surface area contributed by atoms with Gasteiger partial charge in [-0.2, -0.15) is 0 Å². The van der Waals surface area contributed by atoms with E-state index in [1.807, 2.05) is 36.4 Å². The Bertz CT molecular complexity index is 914. The second kappa shape index (κ2) is 8.27. The number of ether oxygens (including phenoxy) is 2. The highest BCUT2D eigenvalue weighted by molar-refractivity contribution is 6.08. The van der Waals surface area contributed by atoms with Gasteiger partial charge in [-0.05, 0) is 61.0 Å². The molecule has 2 N–H and O–H groups in total. The summed E-state index contributed by atoms with van der Waals surface area (Å²) in [5.74, 6) is 0.637. The average molecular weight is 362 g/mol. The summed E-state index contributed by atoms with van der Waals surface area (Å²) in [6.45, 7) is 2.05. The quantitative estimate of drug-likeness (QED) is 0.647. The van der Waals surface area contributed by atoms with Gasteiger partial charge in [0.15, 0.2) is 0 Å². The van der Waals surface area contributed by atoms with E-state index in [0.29, 0.717) is 22.7 Å². The standard InChI is InChI=1S/C22H22N2O3/c1-15-6-4-7-18(14-15)23-16-10-12-17(13-11-16)24-22(25)21-19(26-2)8-5-9-20(21)27-3/h4-14,23H,1-3H3,(H,24,25). The Morgan fingerprint density at radius 1 is 0.778 bits per heavy atom. The van der Waals surface area contributed by atoms with E-state index in [-0.39, 0.29) is 5.91 Å². The van der Waals surface area contributed by atoms with E-state index in [1.54, 1.807) is 18.2 Å². The van der Waals surface area contributed by atoms with Gasteiger partial charge in [0.1, 0.15) is 17.1 Å². The number of benzene rings is 3. The molecule has 27 heavy (non-hydrogen) atoms. The topological polar surface area (TPSA) is 59.6 Å². The number of methoxy groups -OCH3 is 2. The highest BCUT2D eigenvalue weighted by atomic mass is 16.5. The SMILES string of the molecule is COc1cccc(OC)c1C(=O)Nc1ccc(Nc2cccc(C)c2)cc1. The molecule has 0 fully saturated rings. The smallest absolute Gasteiger partial charge is 0.263 e. The molecule has 3 rings (SSSR count). The molecule has 3 aromatic carbocycles. The largest absolute Gasteiger partial charge is 0.496 e. The molecule has 3 aromatic rings. The van der Waals surface area contributed by atoms with Crippen LogP contribution in [0.25, 0.3) is 0 Å². The number of carbonyl (C=O) groups excluding carboxylic acids is 1. The Balaban J connectivity index is 1.74. The minimum Gasteiger partial charge on any atom is -0.496 e. The normalized spacial score (nSPS) is 10.2. The predicted molar refractivity (Wildman–Crippen MR) is 108 cm³/mol. The molecule has 5 nitrogen and oxygen atoms in total. The lowest BCUT2D eigenvalue weighted by molar-refractivity contribution is 0.102. The number of hydrogen-bond donors (Lipinski definition) is 2. The van der Waals surface area contributed by atoms with E-state index >= 15 is 0 Å². The van der Waals surface area contributed by atoms with Crippen LogP contribution in [-0.2, 0) is 0 Å². The summed E-state index contributed by atoms with van der Waals surface area (Å²) in [4.78, 5) is 12.7. The van der Waals surface area contributed by atoms with Crippen molar-refractivity contribution in [1.82, 2.24) is 0 Å². The monoisotopic (exact) mass is 362 g/mol. The molecular weight excluding hydrogens is 340 g/mol. The summed E-state index contributed by atoms with van der Waals surface area (Å²) in [6, 6.07) is 20.9. The Hall–Kier alpha value is -3.47. The van der Waals surface area contributed by atoms with E-state index in [0.717, 1.165) is 11.4 Å². The number of hydrogen-bond acceptors (Lipinski definition) is 4. The molecular formula is C22H22N2O3. The van der Waals surface area contributed by atoms with Crippen LogP contribution in [0.5, 0.6) is 11.5 Å². The molecule has 0 atom stereocenters. The summed E-state index contributed by atoms with van der Waals surface area (Å²) in [5.41, 5.74) is 4.20. The van der Waals surface area contributed by atoms with Crippen LogP contribution >= 0.6 is 0 Å². The first-order valence-corrected chi connectivity index (χ1v) is 8.57. The number of amides is 1. The lowest BCUT2D eigenvalue weighted by atomic mass is 10.1. The number of aryl methyl sites for hydroxylation is 1. The third-order valence-electron chi connectivity index (χ3n) is 4.10. The van der Waals surface area contributed by atoms with E-state index in [4.69, 9.17) is 9.47 Å². The zero-order chi connectivity index (χ0) is 19.2. The van der Waals surface area contributed by atoms with Gasteiger partial charge in [0.05, 0.1) is 14.2 Å². The van der Waals surface area contributed by atoms with Crippen molar-refractivity contribution in [3.63, 3.8) is 0 Å². The molecule has 1 amide bonds. The van der Waals surface area contributed by atoms with Crippen molar-refractivity contribution in [2.24, 2.45) is 0 Å². The molecule has 0 aromatic heterocycles. The molecule has 0 unspecified atom stereocenters. The lowest BCUT2D eigenvalue weighted by Crippen LogP contribution is -2.14. The van der Waals surface area contributed by atoms with Gasteiger partial charge >= 0.3 is 0 Å². The molecule has 0 aliphatic carbocycles. The Kier molecular flexibility index (Phi) is 5.61. The van der Waals surface area contributed by atoms with Crippen LogP contribution in [0, 0.1) is 6.92 Å². The first-order chi connectivity index (χ1) is 13.1. The van der Waals surface area contributed by atoms with Gasteiger partial charge in [-0.3, -0.25) is 4.79 Å². The van der Waals surface area contributed by atoms with E-state index in [9.17, 15) is 4.79 Å². The fourth-order valence-electron chi connectivity index (χ4n) is 2.79. The molecule has 0 aliphatic rings. The van der Waals surface area contributed by atoms with Crippen LogP contribution in [-0.4, -0.2) is 20.1 Å². The second-order valence-electron chi connectivity index (χ2n) is 6.06. The van der Waals surface area contributed by atoms with Crippen LogP contribution in [0.3, 0.4) is 0 Å². The molecule has 5 heteroatoms. The summed E-state index contributed by atoms with van der Waals surface area (Å²) >= 11 is 0. The maximum Gasteiger partial charge on any atom is 0.263 e. The number of carbonyl (C=O) groups is 1. The molecule has 0 spiro atoms. The Labute approximate surface area is 158 Å². The number of nitrogens with one attached hydrogen (secondary N) is 2. The van der Waals surface area contributed by atoms with Crippen LogP contribution in [0.15, 0.2) is 66.7 Å². The zero-order valence-electron chi connectivity index (χ0n) is 15.6. The molecule has 0 radical (unpaired) electrons.